The van der Waals surface area contributed by atoms with Crippen molar-refractivity contribution in [2.45, 2.75) is 32.7 Å². The normalized spacial score (nSPS) is 15.0. The van der Waals surface area contributed by atoms with Gasteiger partial charge in [0.25, 0.3) is 0 Å². The molecule has 0 saturated heterocycles. The second-order valence-electron chi connectivity index (χ2n) is 3.48. The fourth-order valence-electron chi connectivity index (χ4n) is 1.19. The van der Waals surface area contributed by atoms with Crippen LogP contribution in [-0.4, -0.2) is 18.6 Å². The van der Waals surface area contributed by atoms with E-state index in [4.69, 9.17) is 6.57 Å². The lowest BCUT2D eigenvalue weighted by Gasteiger charge is -2.15. The quantitative estimate of drug-likeness (QED) is 0.477. The number of esters is 1. The zero-order valence-corrected chi connectivity index (χ0v) is 8.05. The first-order valence-corrected chi connectivity index (χ1v) is 3.93. The minimum atomic E-state index is -0.997. The number of carbonyl (C=O) groups is 1. The van der Waals surface area contributed by atoms with E-state index in [1.165, 1.54) is 7.11 Å². The van der Waals surface area contributed by atoms with Crippen LogP contribution in [0.4, 0.5) is 0 Å². The predicted molar refractivity (Wildman–Crippen MR) is 46.5 cm³/mol. The monoisotopic (exact) mass is 169 g/mol. The van der Waals surface area contributed by atoms with Crippen molar-refractivity contribution in [2.24, 2.45) is 5.92 Å². The summed E-state index contributed by atoms with van der Waals surface area (Å²) in [4.78, 5) is 14.5. The van der Waals surface area contributed by atoms with Crippen molar-refractivity contribution in [3.63, 3.8) is 0 Å². The molecule has 0 N–H and O–H groups in total. The molecule has 1 unspecified atom stereocenters. The highest BCUT2D eigenvalue weighted by atomic mass is 16.5. The highest BCUT2D eigenvalue weighted by Gasteiger charge is 2.41. The van der Waals surface area contributed by atoms with Gasteiger partial charge in [-0.15, -0.1) is 0 Å². The van der Waals surface area contributed by atoms with E-state index in [-0.39, 0.29) is 0 Å². The first-order valence-electron chi connectivity index (χ1n) is 3.93. The topological polar surface area (TPSA) is 30.7 Å². The Bertz CT molecular complexity index is 205. The van der Waals surface area contributed by atoms with Crippen LogP contribution in [0.3, 0.4) is 0 Å². The van der Waals surface area contributed by atoms with Gasteiger partial charge in [0.1, 0.15) is 0 Å². The molecule has 3 nitrogen and oxygen atoms in total. The maximum absolute atomic E-state index is 11.2. The van der Waals surface area contributed by atoms with E-state index in [1.807, 2.05) is 13.8 Å². The molecule has 0 aliphatic heterocycles. The molecule has 0 rings (SSSR count). The number of methoxy groups -OCH3 is 1. The third-order valence-corrected chi connectivity index (χ3v) is 1.68. The van der Waals surface area contributed by atoms with Crippen LogP contribution in [0.25, 0.3) is 4.85 Å². The van der Waals surface area contributed by atoms with Crippen LogP contribution < -0.4 is 0 Å². The molecular weight excluding hydrogens is 154 g/mol. The molecule has 68 valence electrons. The maximum atomic E-state index is 11.2. The van der Waals surface area contributed by atoms with Crippen molar-refractivity contribution in [1.29, 1.82) is 0 Å². The molecule has 0 aromatic heterocycles. The molecule has 0 saturated carbocycles. The molecule has 0 bridgehead atoms. The molecule has 12 heavy (non-hydrogen) atoms. The molecule has 3 heteroatoms. The van der Waals surface area contributed by atoms with Gasteiger partial charge in [-0.3, -0.25) is 4.85 Å². The molecule has 0 amide bonds. The molecule has 0 aromatic rings. The van der Waals surface area contributed by atoms with E-state index in [0.717, 1.165) is 0 Å². The van der Waals surface area contributed by atoms with E-state index in [0.29, 0.717) is 12.3 Å². The van der Waals surface area contributed by atoms with Crippen LogP contribution in [0.5, 0.6) is 0 Å². The van der Waals surface area contributed by atoms with Gasteiger partial charge in [0, 0.05) is 13.3 Å². The lowest BCUT2D eigenvalue weighted by molar-refractivity contribution is -0.145. The molecule has 0 spiro atoms. The highest BCUT2D eigenvalue weighted by Crippen LogP contribution is 2.22. The Kier molecular flexibility index (Phi) is 3.75. The fraction of sp³-hybridized carbons (Fsp3) is 0.778. The Morgan fingerprint density at radius 2 is 2.17 bits per heavy atom. The van der Waals surface area contributed by atoms with Crippen molar-refractivity contribution in [3.8, 4) is 0 Å². The van der Waals surface area contributed by atoms with Crippen LogP contribution in [0.1, 0.15) is 27.2 Å². The Labute approximate surface area is 73.5 Å². The Balaban J connectivity index is 4.48. The van der Waals surface area contributed by atoms with Crippen molar-refractivity contribution < 1.29 is 9.53 Å². The number of ether oxygens (including phenoxy) is 1. The molecule has 0 aliphatic carbocycles. The van der Waals surface area contributed by atoms with Crippen molar-refractivity contribution in [1.82, 2.24) is 0 Å². The smallest absolute Gasteiger partial charge is 0.392 e. The Morgan fingerprint density at radius 3 is 2.42 bits per heavy atom. The summed E-state index contributed by atoms with van der Waals surface area (Å²) in [5.41, 5.74) is -0.997. The van der Waals surface area contributed by atoms with Gasteiger partial charge in [-0.2, -0.15) is 0 Å². The van der Waals surface area contributed by atoms with Crippen LogP contribution in [0.2, 0.25) is 0 Å². The SMILES string of the molecule is [C-]#[N+]C(C)(CC(C)C)C(=O)OC. The van der Waals surface area contributed by atoms with E-state index >= 15 is 0 Å². The van der Waals surface area contributed by atoms with Gasteiger partial charge in [0.15, 0.2) is 0 Å². The molecule has 0 aliphatic rings. The third kappa shape index (κ3) is 2.54. The van der Waals surface area contributed by atoms with Gasteiger partial charge in [-0.05, 0) is 5.92 Å². The number of hydrogen-bond donors (Lipinski definition) is 0. The number of rotatable bonds is 3. The van der Waals surface area contributed by atoms with Crippen LogP contribution in [0, 0.1) is 12.5 Å². The second kappa shape index (κ2) is 4.10. The van der Waals surface area contributed by atoms with Gasteiger partial charge < -0.3 is 4.74 Å². The zero-order valence-electron chi connectivity index (χ0n) is 8.05. The number of nitrogens with zero attached hydrogens (tertiary/aromatic N) is 1. The summed E-state index contributed by atoms with van der Waals surface area (Å²) in [5, 5.41) is 0. The van der Waals surface area contributed by atoms with E-state index in [1.54, 1.807) is 6.92 Å². The minimum Gasteiger partial charge on any atom is -0.463 e. The Hall–Kier alpha value is -1.04. The molecule has 0 heterocycles. The van der Waals surface area contributed by atoms with Crippen LogP contribution >= 0.6 is 0 Å². The third-order valence-electron chi connectivity index (χ3n) is 1.68. The summed E-state index contributed by atoms with van der Waals surface area (Å²) in [5.74, 6) is -0.116. The average Bonchev–Trinajstić information content (AvgIpc) is 2.01. The van der Waals surface area contributed by atoms with Gasteiger partial charge in [-0.1, -0.05) is 13.8 Å². The zero-order chi connectivity index (χ0) is 9.78. The minimum absolute atomic E-state index is 0.322. The van der Waals surface area contributed by atoms with E-state index in [2.05, 4.69) is 9.58 Å². The van der Waals surface area contributed by atoms with E-state index < -0.39 is 11.5 Å². The maximum Gasteiger partial charge on any atom is 0.392 e. The van der Waals surface area contributed by atoms with Gasteiger partial charge in [-0.25, -0.2) is 11.4 Å². The summed E-state index contributed by atoms with van der Waals surface area (Å²) in [6.45, 7) is 12.5. The molecule has 0 fully saturated rings. The first-order chi connectivity index (χ1) is 5.46. The van der Waals surface area contributed by atoms with Gasteiger partial charge >= 0.3 is 11.5 Å². The van der Waals surface area contributed by atoms with Crippen LogP contribution in [-0.2, 0) is 9.53 Å². The molecule has 0 radical (unpaired) electrons. The fourth-order valence-corrected chi connectivity index (χ4v) is 1.19. The molecule has 0 aromatic carbocycles. The Morgan fingerprint density at radius 1 is 1.67 bits per heavy atom. The lowest BCUT2D eigenvalue weighted by Crippen LogP contribution is -2.34. The average molecular weight is 169 g/mol. The predicted octanol–water partition coefficient (Wildman–Crippen LogP) is 1.88. The number of hydrogen-bond acceptors (Lipinski definition) is 2. The van der Waals surface area contributed by atoms with Crippen molar-refractivity contribution in [3.05, 3.63) is 11.4 Å². The second-order valence-corrected chi connectivity index (χ2v) is 3.48. The molecular formula is C9H15NO2. The van der Waals surface area contributed by atoms with Crippen molar-refractivity contribution in [2.75, 3.05) is 7.11 Å². The lowest BCUT2D eigenvalue weighted by atomic mass is 9.92. The summed E-state index contributed by atoms with van der Waals surface area (Å²) >= 11 is 0. The summed E-state index contributed by atoms with van der Waals surface area (Å²) < 4.78 is 4.55. The summed E-state index contributed by atoms with van der Waals surface area (Å²) in [6, 6.07) is 0. The molecule has 1 atom stereocenters. The largest absolute Gasteiger partial charge is 0.463 e. The summed E-state index contributed by atoms with van der Waals surface area (Å²) in [7, 11) is 1.31. The standard InChI is InChI=1S/C9H15NO2/c1-7(2)6-9(3,10-4)8(11)12-5/h7H,6H2,1-3,5H3. The van der Waals surface area contributed by atoms with Gasteiger partial charge in [0.05, 0.1) is 7.11 Å². The summed E-state index contributed by atoms with van der Waals surface area (Å²) in [6.07, 6.45) is 0.545. The van der Waals surface area contributed by atoms with E-state index in [9.17, 15) is 4.79 Å². The highest BCUT2D eigenvalue weighted by molar-refractivity contribution is 5.82. The van der Waals surface area contributed by atoms with Crippen molar-refractivity contribution >= 4 is 5.97 Å². The van der Waals surface area contributed by atoms with Crippen LogP contribution in [0.15, 0.2) is 0 Å². The number of carbonyl (C=O) groups excluding carboxylic acids is 1. The first kappa shape index (κ1) is 11.0. The van der Waals surface area contributed by atoms with Gasteiger partial charge in [0.2, 0.25) is 0 Å².